The maximum Gasteiger partial charge on any atom is 0.222 e. The van der Waals surface area contributed by atoms with Crippen LogP contribution in [-0.4, -0.2) is 23.9 Å². The van der Waals surface area contributed by atoms with Gasteiger partial charge in [0.05, 0.1) is 0 Å². The van der Waals surface area contributed by atoms with E-state index >= 15 is 0 Å². The summed E-state index contributed by atoms with van der Waals surface area (Å²) in [5.41, 5.74) is 2.85. The second kappa shape index (κ2) is 6.74. The number of hydrogen-bond acceptors (Lipinski definition) is 1. The van der Waals surface area contributed by atoms with Gasteiger partial charge in [-0.15, -0.1) is 0 Å². The van der Waals surface area contributed by atoms with E-state index < -0.39 is 0 Å². The minimum absolute atomic E-state index is 0.320. The van der Waals surface area contributed by atoms with Gasteiger partial charge in [0, 0.05) is 19.5 Å². The summed E-state index contributed by atoms with van der Waals surface area (Å²) in [6, 6.07) is 8.63. The summed E-state index contributed by atoms with van der Waals surface area (Å²) in [7, 11) is 0. The first-order valence-corrected chi connectivity index (χ1v) is 7.53. The van der Waals surface area contributed by atoms with Crippen LogP contribution in [-0.2, 0) is 11.2 Å². The van der Waals surface area contributed by atoms with E-state index in [1.165, 1.54) is 30.4 Å². The molecule has 2 rings (SSSR count). The summed E-state index contributed by atoms with van der Waals surface area (Å²) in [5.74, 6) is 1.00. The largest absolute Gasteiger partial charge is 0.342 e. The molecule has 1 aromatic carbocycles. The third kappa shape index (κ3) is 3.82. The van der Waals surface area contributed by atoms with E-state index in [4.69, 9.17) is 0 Å². The number of nitrogens with zero attached hydrogens (tertiary/aromatic N) is 1. The van der Waals surface area contributed by atoms with Crippen molar-refractivity contribution < 1.29 is 4.79 Å². The van der Waals surface area contributed by atoms with E-state index in [2.05, 4.69) is 36.1 Å². The fraction of sp³-hybridized carbons (Fsp3) is 0.588. The maximum absolute atomic E-state index is 11.8. The van der Waals surface area contributed by atoms with E-state index in [-0.39, 0.29) is 0 Å². The summed E-state index contributed by atoms with van der Waals surface area (Å²) in [6.45, 7) is 6.08. The van der Waals surface area contributed by atoms with Gasteiger partial charge in [0.2, 0.25) is 5.91 Å². The van der Waals surface area contributed by atoms with Crippen LogP contribution in [0.1, 0.15) is 43.7 Å². The highest BCUT2D eigenvalue weighted by Crippen LogP contribution is 2.22. The predicted molar refractivity (Wildman–Crippen MR) is 79.1 cm³/mol. The Hall–Kier alpha value is -1.31. The van der Waals surface area contributed by atoms with Crippen LogP contribution in [0.15, 0.2) is 24.3 Å². The van der Waals surface area contributed by atoms with E-state index in [0.717, 1.165) is 19.5 Å². The van der Waals surface area contributed by atoms with Crippen LogP contribution in [0.5, 0.6) is 0 Å². The number of amides is 1. The second-order valence-corrected chi connectivity index (χ2v) is 5.67. The number of aryl methyl sites for hydroxylation is 2. The van der Waals surface area contributed by atoms with Gasteiger partial charge in [-0.05, 0) is 49.7 Å². The monoisotopic (exact) mass is 259 g/mol. The number of carbonyl (C=O) groups is 1. The minimum Gasteiger partial charge on any atom is -0.342 e. The summed E-state index contributed by atoms with van der Waals surface area (Å²) < 4.78 is 0. The van der Waals surface area contributed by atoms with Gasteiger partial charge in [0.1, 0.15) is 0 Å². The van der Waals surface area contributed by atoms with Gasteiger partial charge in [0.15, 0.2) is 0 Å². The first-order chi connectivity index (χ1) is 9.20. The van der Waals surface area contributed by atoms with Crippen LogP contribution in [0.4, 0.5) is 0 Å². The highest BCUT2D eigenvalue weighted by atomic mass is 16.2. The van der Waals surface area contributed by atoms with Gasteiger partial charge in [-0.2, -0.15) is 0 Å². The molecule has 1 atom stereocenters. The number of benzene rings is 1. The topological polar surface area (TPSA) is 20.3 Å². The zero-order chi connectivity index (χ0) is 13.7. The van der Waals surface area contributed by atoms with Gasteiger partial charge in [-0.1, -0.05) is 31.2 Å². The van der Waals surface area contributed by atoms with Gasteiger partial charge >= 0.3 is 0 Å². The second-order valence-electron chi connectivity index (χ2n) is 5.67. The van der Waals surface area contributed by atoms with Crippen molar-refractivity contribution in [2.24, 2.45) is 5.92 Å². The van der Waals surface area contributed by atoms with Gasteiger partial charge in [0.25, 0.3) is 0 Å². The Balaban J connectivity index is 1.86. The van der Waals surface area contributed by atoms with Crippen molar-refractivity contribution in [1.29, 1.82) is 0 Å². The molecule has 0 spiro atoms. The normalized spacial score (nSPS) is 19.5. The minimum atomic E-state index is 0.320. The van der Waals surface area contributed by atoms with Crippen molar-refractivity contribution in [1.82, 2.24) is 4.90 Å². The lowest BCUT2D eigenvalue weighted by molar-refractivity contribution is -0.132. The highest BCUT2D eigenvalue weighted by Gasteiger charge is 2.22. The lowest BCUT2D eigenvalue weighted by atomic mass is 9.90. The molecule has 1 aromatic rings. The summed E-state index contributed by atoms with van der Waals surface area (Å²) in [6.07, 6.45) is 5.44. The van der Waals surface area contributed by atoms with Gasteiger partial charge in [-0.25, -0.2) is 0 Å². The van der Waals surface area contributed by atoms with E-state index in [0.29, 0.717) is 18.2 Å². The van der Waals surface area contributed by atoms with Crippen LogP contribution in [0.25, 0.3) is 0 Å². The molecule has 1 aliphatic heterocycles. The third-order valence-corrected chi connectivity index (χ3v) is 4.26. The Labute approximate surface area is 116 Å². The smallest absolute Gasteiger partial charge is 0.222 e. The van der Waals surface area contributed by atoms with Crippen molar-refractivity contribution in [3.8, 4) is 0 Å². The number of carbonyl (C=O) groups excluding carboxylic acids is 1. The Morgan fingerprint density at radius 2 is 2.16 bits per heavy atom. The standard InChI is InChI=1S/C17H25NO/c1-3-17(19)18-12-6-8-15(13-18)10-11-16-9-5-4-7-14(16)2/h4-5,7,9,15H,3,6,8,10-13H2,1-2H3/t15-/m0/s1. The molecule has 2 heteroatoms. The number of likely N-dealkylation sites (tertiary alicyclic amines) is 1. The Morgan fingerprint density at radius 1 is 1.37 bits per heavy atom. The first-order valence-electron chi connectivity index (χ1n) is 7.53. The fourth-order valence-corrected chi connectivity index (χ4v) is 3.00. The molecular weight excluding hydrogens is 234 g/mol. The lowest BCUT2D eigenvalue weighted by Crippen LogP contribution is -2.39. The number of hydrogen-bond donors (Lipinski definition) is 0. The van der Waals surface area contributed by atoms with Crippen molar-refractivity contribution in [3.05, 3.63) is 35.4 Å². The van der Waals surface area contributed by atoms with Crippen LogP contribution in [0.2, 0.25) is 0 Å². The van der Waals surface area contributed by atoms with Crippen LogP contribution in [0.3, 0.4) is 0 Å². The van der Waals surface area contributed by atoms with Crippen LogP contribution >= 0.6 is 0 Å². The highest BCUT2D eigenvalue weighted by molar-refractivity contribution is 5.75. The predicted octanol–water partition coefficient (Wildman–Crippen LogP) is 3.58. The van der Waals surface area contributed by atoms with E-state index in [1.807, 2.05) is 6.92 Å². The molecule has 2 nitrogen and oxygen atoms in total. The quantitative estimate of drug-likeness (QED) is 0.809. The zero-order valence-corrected chi connectivity index (χ0v) is 12.2. The van der Waals surface area contributed by atoms with Gasteiger partial charge in [-0.3, -0.25) is 4.79 Å². The molecule has 1 amide bonds. The van der Waals surface area contributed by atoms with Crippen molar-refractivity contribution in [2.75, 3.05) is 13.1 Å². The third-order valence-electron chi connectivity index (χ3n) is 4.26. The Morgan fingerprint density at radius 3 is 2.89 bits per heavy atom. The molecular formula is C17H25NO. The molecule has 19 heavy (non-hydrogen) atoms. The molecule has 0 aromatic heterocycles. The molecule has 0 radical (unpaired) electrons. The average Bonchev–Trinajstić information content (AvgIpc) is 2.46. The molecule has 1 saturated heterocycles. The molecule has 0 saturated carbocycles. The summed E-state index contributed by atoms with van der Waals surface area (Å²) >= 11 is 0. The average molecular weight is 259 g/mol. The van der Waals surface area contributed by atoms with E-state index in [9.17, 15) is 4.79 Å². The number of rotatable bonds is 4. The molecule has 0 aliphatic carbocycles. The summed E-state index contributed by atoms with van der Waals surface area (Å²) in [4.78, 5) is 13.8. The summed E-state index contributed by atoms with van der Waals surface area (Å²) in [5, 5.41) is 0. The molecule has 0 unspecified atom stereocenters. The molecule has 0 N–H and O–H groups in total. The van der Waals surface area contributed by atoms with E-state index in [1.54, 1.807) is 0 Å². The maximum atomic E-state index is 11.8. The number of piperidine rings is 1. The van der Waals surface area contributed by atoms with Gasteiger partial charge < -0.3 is 4.90 Å². The molecule has 1 aliphatic rings. The first kappa shape index (κ1) is 14.1. The van der Waals surface area contributed by atoms with Crippen molar-refractivity contribution in [2.45, 2.75) is 46.0 Å². The molecule has 1 heterocycles. The molecule has 0 bridgehead atoms. The Bertz CT molecular complexity index is 427. The fourth-order valence-electron chi connectivity index (χ4n) is 3.00. The molecule has 104 valence electrons. The van der Waals surface area contributed by atoms with Crippen molar-refractivity contribution in [3.63, 3.8) is 0 Å². The van der Waals surface area contributed by atoms with Crippen molar-refractivity contribution >= 4 is 5.91 Å². The zero-order valence-electron chi connectivity index (χ0n) is 12.2. The Kier molecular flexibility index (Phi) is 5.00. The van der Waals surface area contributed by atoms with Crippen LogP contribution in [0, 0.1) is 12.8 Å². The molecule has 1 fully saturated rings. The SMILES string of the molecule is CCC(=O)N1CCC[C@@H](CCc2ccccc2C)C1. The van der Waals surface area contributed by atoms with Crippen LogP contribution < -0.4 is 0 Å². The lowest BCUT2D eigenvalue weighted by Gasteiger charge is -2.32.